The van der Waals surface area contributed by atoms with Crippen molar-refractivity contribution in [1.29, 1.82) is 0 Å². The maximum absolute atomic E-state index is 13.6. The van der Waals surface area contributed by atoms with E-state index in [2.05, 4.69) is 10.6 Å². The number of nitrogens with one attached hydrogen (secondary N) is 2. The smallest absolute Gasteiger partial charge is 0.254 e. The third-order valence-corrected chi connectivity index (χ3v) is 2.98. The molecule has 1 unspecified atom stereocenters. The molecule has 1 aromatic rings. The third-order valence-electron chi connectivity index (χ3n) is 2.75. The van der Waals surface area contributed by atoms with Gasteiger partial charge in [0.15, 0.2) is 0 Å². The van der Waals surface area contributed by atoms with Gasteiger partial charge in [0.2, 0.25) is 5.91 Å². The zero-order valence-electron chi connectivity index (χ0n) is 11.7. The lowest BCUT2D eigenvalue weighted by atomic mass is 10.0. The Bertz CT molecular complexity index is 506. The Kier molecular flexibility index (Phi) is 5.95. The summed E-state index contributed by atoms with van der Waals surface area (Å²) in [6.45, 7) is 3.87. The summed E-state index contributed by atoms with van der Waals surface area (Å²) in [6.07, 6.45) is 0.466. The first kappa shape index (κ1) is 16.4. The van der Waals surface area contributed by atoms with E-state index in [1.165, 1.54) is 19.2 Å². The van der Waals surface area contributed by atoms with Crippen molar-refractivity contribution in [2.75, 3.05) is 7.05 Å². The molecule has 0 heterocycles. The van der Waals surface area contributed by atoms with Crippen molar-refractivity contribution in [3.05, 3.63) is 34.6 Å². The van der Waals surface area contributed by atoms with Crippen LogP contribution in [0.3, 0.4) is 0 Å². The summed E-state index contributed by atoms with van der Waals surface area (Å²) in [7, 11) is 1.49. The van der Waals surface area contributed by atoms with Crippen molar-refractivity contribution in [2.45, 2.75) is 26.3 Å². The molecule has 1 rings (SSSR count). The summed E-state index contributed by atoms with van der Waals surface area (Å²) >= 11 is 5.75. The largest absolute Gasteiger partial charge is 0.357 e. The van der Waals surface area contributed by atoms with Gasteiger partial charge >= 0.3 is 0 Å². The molecule has 0 saturated carbocycles. The SMILES string of the molecule is CNC(=O)C(CC(C)C)NC(=O)c1cc(Cl)ccc1F. The number of hydrogen-bond donors (Lipinski definition) is 2. The molecule has 0 spiro atoms. The molecule has 2 amide bonds. The lowest BCUT2D eigenvalue weighted by molar-refractivity contribution is -0.122. The topological polar surface area (TPSA) is 58.2 Å². The van der Waals surface area contributed by atoms with E-state index in [9.17, 15) is 14.0 Å². The lowest BCUT2D eigenvalue weighted by Gasteiger charge is -2.19. The Balaban J connectivity index is 2.90. The molecule has 0 aliphatic rings. The number of hydrogen-bond acceptors (Lipinski definition) is 2. The van der Waals surface area contributed by atoms with Crippen molar-refractivity contribution < 1.29 is 14.0 Å². The van der Waals surface area contributed by atoms with Crippen molar-refractivity contribution in [2.24, 2.45) is 5.92 Å². The molecule has 0 radical (unpaired) electrons. The monoisotopic (exact) mass is 300 g/mol. The molecular weight excluding hydrogens is 283 g/mol. The number of carbonyl (C=O) groups excluding carboxylic acids is 2. The number of carbonyl (C=O) groups is 2. The standard InChI is InChI=1S/C14H18ClFN2O2/c1-8(2)6-12(14(20)17-3)18-13(19)10-7-9(15)4-5-11(10)16/h4-5,7-8,12H,6H2,1-3H3,(H,17,20)(H,18,19). The molecule has 0 saturated heterocycles. The summed E-state index contributed by atoms with van der Waals surface area (Å²) in [4.78, 5) is 23.8. The normalized spacial score (nSPS) is 12.1. The van der Waals surface area contributed by atoms with Gasteiger partial charge in [-0.15, -0.1) is 0 Å². The highest BCUT2D eigenvalue weighted by molar-refractivity contribution is 6.31. The summed E-state index contributed by atoms with van der Waals surface area (Å²) in [6, 6.07) is 3.01. The first-order valence-electron chi connectivity index (χ1n) is 6.32. The van der Waals surface area contributed by atoms with Crippen molar-refractivity contribution in [3.63, 3.8) is 0 Å². The Hall–Kier alpha value is -1.62. The van der Waals surface area contributed by atoms with Crippen LogP contribution in [0.25, 0.3) is 0 Å². The van der Waals surface area contributed by atoms with E-state index in [0.29, 0.717) is 6.42 Å². The van der Waals surface area contributed by atoms with Crippen LogP contribution in [0.1, 0.15) is 30.6 Å². The van der Waals surface area contributed by atoms with E-state index in [1.54, 1.807) is 0 Å². The van der Waals surface area contributed by atoms with Gasteiger partial charge in [0.25, 0.3) is 5.91 Å². The molecule has 0 aromatic heterocycles. The summed E-state index contributed by atoms with van der Waals surface area (Å²) in [5.41, 5.74) is -0.171. The molecule has 1 atom stereocenters. The number of amides is 2. The minimum Gasteiger partial charge on any atom is -0.357 e. The van der Waals surface area contributed by atoms with Gasteiger partial charge in [0.05, 0.1) is 5.56 Å². The third kappa shape index (κ3) is 4.49. The second-order valence-electron chi connectivity index (χ2n) is 4.89. The zero-order chi connectivity index (χ0) is 15.3. The van der Waals surface area contributed by atoms with Crippen LogP contribution in [0.2, 0.25) is 5.02 Å². The van der Waals surface area contributed by atoms with Gasteiger partial charge in [-0.25, -0.2) is 4.39 Å². The van der Waals surface area contributed by atoms with Crippen LogP contribution < -0.4 is 10.6 Å². The zero-order valence-corrected chi connectivity index (χ0v) is 12.4. The second-order valence-corrected chi connectivity index (χ2v) is 5.33. The lowest BCUT2D eigenvalue weighted by Crippen LogP contribution is -2.46. The Morgan fingerprint density at radius 3 is 2.55 bits per heavy atom. The highest BCUT2D eigenvalue weighted by Crippen LogP contribution is 2.15. The Morgan fingerprint density at radius 1 is 1.35 bits per heavy atom. The minimum atomic E-state index is -0.703. The van der Waals surface area contributed by atoms with Gasteiger partial charge < -0.3 is 10.6 Å². The Labute approximate surface area is 122 Å². The van der Waals surface area contributed by atoms with Crippen molar-refractivity contribution in [1.82, 2.24) is 10.6 Å². The van der Waals surface area contributed by atoms with Crippen LogP contribution in [0, 0.1) is 11.7 Å². The second kappa shape index (κ2) is 7.24. The Morgan fingerprint density at radius 2 is 2.00 bits per heavy atom. The molecule has 1 aromatic carbocycles. The van der Waals surface area contributed by atoms with E-state index < -0.39 is 17.8 Å². The van der Waals surface area contributed by atoms with Gasteiger partial charge in [-0.1, -0.05) is 25.4 Å². The van der Waals surface area contributed by atoms with E-state index in [4.69, 9.17) is 11.6 Å². The maximum atomic E-state index is 13.6. The molecule has 20 heavy (non-hydrogen) atoms. The number of rotatable bonds is 5. The average Bonchev–Trinajstić information content (AvgIpc) is 2.39. The molecule has 0 aliphatic carbocycles. The number of halogens is 2. The quantitative estimate of drug-likeness (QED) is 0.877. The fourth-order valence-corrected chi connectivity index (χ4v) is 1.96. The summed E-state index contributed by atoms with van der Waals surface area (Å²) < 4.78 is 13.6. The molecule has 0 aliphatic heterocycles. The van der Waals surface area contributed by atoms with Crippen LogP contribution in [-0.4, -0.2) is 24.9 Å². The van der Waals surface area contributed by atoms with E-state index in [0.717, 1.165) is 6.07 Å². The highest BCUT2D eigenvalue weighted by Gasteiger charge is 2.23. The molecule has 110 valence electrons. The molecule has 4 nitrogen and oxygen atoms in total. The van der Waals surface area contributed by atoms with Crippen LogP contribution in [0.15, 0.2) is 18.2 Å². The van der Waals surface area contributed by atoms with Crippen LogP contribution >= 0.6 is 11.6 Å². The molecule has 0 fully saturated rings. The molecule has 6 heteroatoms. The molecule has 2 N–H and O–H groups in total. The summed E-state index contributed by atoms with van der Waals surface area (Å²) in [5, 5.41) is 5.27. The highest BCUT2D eigenvalue weighted by atomic mass is 35.5. The fourth-order valence-electron chi connectivity index (χ4n) is 1.78. The fraction of sp³-hybridized carbons (Fsp3) is 0.429. The predicted molar refractivity (Wildman–Crippen MR) is 76.2 cm³/mol. The van der Waals surface area contributed by atoms with Gasteiger partial charge in [-0.3, -0.25) is 9.59 Å². The van der Waals surface area contributed by atoms with Crippen molar-refractivity contribution >= 4 is 23.4 Å². The predicted octanol–water partition coefficient (Wildman–Crippen LogP) is 2.37. The van der Waals surface area contributed by atoms with Gasteiger partial charge in [-0.2, -0.15) is 0 Å². The first-order valence-corrected chi connectivity index (χ1v) is 6.70. The minimum absolute atomic E-state index is 0.171. The van der Waals surface area contributed by atoms with E-state index in [-0.39, 0.29) is 22.4 Å². The van der Waals surface area contributed by atoms with Gasteiger partial charge in [-0.05, 0) is 30.5 Å². The number of likely N-dealkylation sites (N-methyl/N-ethyl adjacent to an activating group) is 1. The van der Waals surface area contributed by atoms with Crippen LogP contribution in [0.4, 0.5) is 4.39 Å². The average molecular weight is 301 g/mol. The van der Waals surface area contributed by atoms with Crippen LogP contribution in [-0.2, 0) is 4.79 Å². The first-order chi connectivity index (χ1) is 9.35. The van der Waals surface area contributed by atoms with Crippen LogP contribution in [0.5, 0.6) is 0 Å². The molecular formula is C14H18ClFN2O2. The van der Waals surface area contributed by atoms with Gasteiger partial charge in [0, 0.05) is 12.1 Å². The van der Waals surface area contributed by atoms with E-state index in [1.807, 2.05) is 13.8 Å². The van der Waals surface area contributed by atoms with E-state index >= 15 is 0 Å². The summed E-state index contributed by atoms with van der Waals surface area (Å²) in [5.74, 6) is -1.43. The molecule has 0 bridgehead atoms. The maximum Gasteiger partial charge on any atom is 0.254 e. The number of benzene rings is 1. The van der Waals surface area contributed by atoms with Gasteiger partial charge in [0.1, 0.15) is 11.9 Å². The van der Waals surface area contributed by atoms with Crippen molar-refractivity contribution in [3.8, 4) is 0 Å².